The molecule has 1 atom stereocenters. The molecule has 3 aromatic rings. The number of carbonyl (C=O) groups excluding carboxylic acids is 1. The number of aryl methyl sites for hydroxylation is 2. The summed E-state index contributed by atoms with van der Waals surface area (Å²) in [6.07, 6.45) is 0. The molecule has 0 radical (unpaired) electrons. The number of anilines is 1. The van der Waals surface area contributed by atoms with Gasteiger partial charge in [-0.15, -0.1) is 0 Å². The van der Waals surface area contributed by atoms with Gasteiger partial charge in [-0.3, -0.25) is 9.69 Å². The van der Waals surface area contributed by atoms with Gasteiger partial charge in [0.25, 0.3) is 5.91 Å². The van der Waals surface area contributed by atoms with Crippen molar-refractivity contribution in [2.75, 3.05) is 49.9 Å². The minimum absolute atomic E-state index is 0.0470. The van der Waals surface area contributed by atoms with Crippen molar-refractivity contribution < 1.29 is 13.8 Å². The fourth-order valence-corrected chi connectivity index (χ4v) is 5.37. The normalized spacial score (nSPS) is 15.3. The maximum atomic E-state index is 12.6. The molecule has 1 saturated heterocycles. The van der Waals surface area contributed by atoms with Crippen LogP contribution in [0, 0.1) is 13.8 Å². The SMILES string of the molecule is Cc1cccc(-c2nc(C[S+]([O-])CC(=O)NCCN3CCN(c4cccc(Cl)c4)CC3)c(C)o2)c1. The molecule has 7 nitrogen and oxygen atoms in total. The van der Waals surface area contributed by atoms with E-state index in [0.29, 0.717) is 23.9 Å². The minimum atomic E-state index is -1.36. The lowest BCUT2D eigenvalue weighted by molar-refractivity contribution is -0.118. The summed E-state index contributed by atoms with van der Waals surface area (Å²) in [5.41, 5.74) is 3.77. The molecule has 4 rings (SSSR count). The van der Waals surface area contributed by atoms with Gasteiger partial charge >= 0.3 is 0 Å². The Balaban J connectivity index is 1.17. The van der Waals surface area contributed by atoms with Crippen LogP contribution in [0.4, 0.5) is 5.69 Å². The highest BCUT2D eigenvalue weighted by Crippen LogP contribution is 2.24. The summed E-state index contributed by atoms with van der Waals surface area (Å²) < 4.78 is 18.4. The topological polar surface area (TPSA) is 84.7 Å². The van der Waals surface area contributed by atoms with Crippen molar-refractivity contribution in [3.05, 3.63) is 70.6 Å². The molecule has 0 aliphatic carbocycles. The maximum Gasteiger partial charge on any atom is 0.269 e. The summed E-state index contributed by atoms with van der Waals surface area (Å²) in [4.78, 5) is 21.5. The van der Waals surface area contributed by atoms with E-state index >= 15 is 0 Å². The number of aromatic nitrogens is 1. The zero-order valence-electron chi connectivity index (χ0n) is 20.1. The molecule has 1 aliphatic rings. The van der Waals surface area contributed by atoms with Crippen LogP contribution in [0.2, 0.25) is 5.02 Å². The third-order valence-electron chi connectivity index (χ3n) is 6.04. The van der Waals surface area contributed by atoms with Crippen LogP contribution in [-0.2, 0) is 21.7 Å². The van der Waals surface area contributed by atoms with Gasteiger partial charge in [0.2, 0.25) is 5.89 Å². The van der Waals surface area contributed by atoms with Gasteiger partial charge in [0.1, 0.15) is 11.5 Å². The highest BCUT2D eigenvalue weighted by Gasteiger charge is 2.21. The minimum Gasteiger partial charge on any atom is -0.616 e. The molecule has 1 N–H and O–H groups in total. The fourth-order valence-electron chi connectivity index (χ4n) is 4.12. The van der Waals surface area contributed by atoms with Crippen molar-refractivity contribution in [3.63, 3.8) is 0 Å². The number of nitrogens with zero attached hydrogens (tertiary/aromatic N) is 3. The van der Waals surface area contributed by atoms with Crippen LogP contribution in [0.15, 0.2) is 52.9 Å². The molecule has 1 fully saturated rings. The molecular formula is C26H31ClN4O3S. The van der Waals surface area contributed by atoms with Gasteiger partial charge in [0.15, 0.2) is 11.5 Å². The Hall–Kier alpha value is -2.52. The molecule has 0 bridgehead atoms. The number of hydrogen-bond acceptors (Lipinski definition) is 6. The van der Waals surface area contributed by atoms with Crippen LogP contribution in [0.25, 0.3) is 11.5 Å². The smallest absolute Gasteiger partial charge is 0.269 e. The van der Waals surface area contributed by atoms with Crippen LogP contribution >= 0.6 is 11.6 Å². The van der Waals surface area contributed by atoms with Crippen LogP contribution < -0.4 is 10.2 Å². The van der Waals surface area contributed by atoms with Gasteiger partial charge in [-0.05, 0) is 55.4 Å². The summed E-state index contributed by atoms with van der Waals surface area (Å²) in [5, 5.41) is 3.65. The highest BCUT2D eigenvalue weighted by atomic mass is 35.5. The largest absolute Gasteiger partial charge is 0.616 e. The number of piperazine rings is 1. The van der Waals surface area contributed by atoms with E-state index in [1.165, 1.54) is 0 Å². The van der Waals surface area contributed by atoms with E-state index in [9.17, 15) is 9.35 Å². The zero-order valence-corrected chi connectivity index (χ0v) is 21.7. The quantitative estimate of drug-likeness (QED) is 0.437. The van der Waals surface area contributed by atoms with Gasteiger partial charge < -0.3 is 19.2 Å². The van der Waals surface area contributed by atoms with E-state index in [2.05, 4.69) is 26.2 Å². The van der Waals surface area contributed by atoms with Crippen molar-refractivity contribution in [3.8, 4) is 11.5 Å². The third kappa shape index (κ3) is 7.24. The lowest BCUT2D eigenvalue weighted by atomic mass is 10.1. The van der Waals surface area contributed by atoms with Gasteiger partial charge in [-0.25, -0.2) is 4.98 Å². The average Bonchev–Trinajstić information content (AvgIpc) is 3.19. The first-order valence-corrected chi connectivity index (χ1v) is 13.6. The van der Waals surface area contributed by atoms with Crippen molar-refractivity contribution >= 4 is 34.4 Å². The number of halogens is 1. The molecule has 35 heavy (non-hydrogen) atoms. The monoisotopic (exact) mass is 514 g/mol. The van der Waals surface area contributed by atoms with Crippen molar-refractivity contribution in [1.82, 2.24) is 15.2 Å². The summed E-state index contributed by atoms with van der Waals surface area (Å²) in [5.74, 6) is 1.08. The maximum absolute atomic E-state index is 12.6. The number of carbonyl (C=O) groups is 1. The van der Waals surface area contributed by atoms with Gasteiger partial charge in [0.05, 0.1) is 0 Å². The molecule has 186 valence electrons. The van der Waals surface area contributed by atoms with Crippen LogP contribution in [-0.4, -0.2) is 65.4 Å². The predicted molar refractivity (Wildman–Crippen MR) is 141 cm³/mol. The van der Waals surface area contributed by atoms with Crippen LogP contribution in [0.1, 0.15) is 17.0 Å². The fraction of sp³-hybridized carbons (Fsp3) is 0.385. The van der Waals surface area contributed by atoms with E-state index in [-0.39, 0.29) is 17.4 Å². The second-order valence-electron chi connectivity index (χ2n) is 8.78. The Bertz CT molecular complexity index is 1150. The molecule has 1 aromatic heterocycles. The molecule has 1 unspecified atom stereocenters. The Morgan fingerprint density at radius 2 is 1.91 bits per heavy atom. The second kappa shape index (κ2) is 11.9. The standard InChI is InChI=1S/C26H31ClN4O3S/c1-19-5-3-6-21(15-19)26-29-24(20(2)34-26)17-35(33)18-25(32)28-9-10-30-11-13-31(14-12-30)23-8-4-7-22(27)16-23/h3-8,15-16H,9-14,17-18H2,1-2H3,(H,28,32). The van der Waals surface area contributed by atoms with Crippen LogP contribution in [0.5, 0.6) is 0 Å². The summed E-state index contributed by atoms with van der Waals surface area (Å²) in [7, 11) is 0. The molecular weight excluding hydrogens is 484 g/mol. The predicted octanol–water partition coefficient (Wildman–Crippen LogP) is 3.80. The first-order valence-electron chi connectivity index (χ1n) is 11.8. The molecule has 0 spiro atoms. The van der Waals surface area contributed by atoms with Gasteiger partial charge in [-0.2, -0.15) is 0 Å². The summed E-state index contributed by atoms with van der Waals surface area (Å²) >= 11 is 4.74. The van der Waals surface area contributed by atoms with Crippen molar-refractivity contribution in [2.24, 2.45) is 0 Å². The first kappa shape index (κ1) is 25.6. The molecule has 9 heteroatoms. The molecule has 2 aromatic carbocycles. The van der Waals surface area contributed by atoms with Crippen molar-refractivity contribution in [2.45, 2.75) is 19.6 Å². The summed E-state index contributed by atoms with van der Waals surface area (Å²) in [6, 6.07) is 15.8. The Morgan fingerprint density at radius 1 is 1.14 bits per heavy atom. The molecule has 1 aliphatic heterocycles. The first-order chi connectivity index (χ1) is 16.9. The van der Waals surface area contributed by atoms with E-state index in [4.69, 9.17) is 16.0 Å². The molecule has 1 amide bonds. The Kier molecular flexibility index (Phi) is 8.73. The zero-order chi connectivity index (χ0) is 24.8. The third-order valence-corrected chi connectivity index (χ3v) is 7.46. The Labute approximate surface area is 214 Å². The Morgan fingerprint density at radius 3 is 2.66 bits per heavy atom. The van der Waals surface area contributed by atoms with Gasteiger partial charge in [0, 0.05) is 55.5 Å². The molecule has 2 heterocycles. The van der Waals surface area contributed by atoms with E-state index in [1.807, 2.05) is 56.3 Å². The number of amides is 1. The number of benzene rings is 2. The van der Waals surface area contributed by atoms with Crippen molar-refractivity contribution in [1.29, 1.82) is 0 Å². The van der Waals surface area contributed by atoms with Gasteiger partial charge in [-0.1, -0.05) is 35.4 Å². The lowest BCUT2D eigenvalue weighted by Gasteiger charge is -2.36. The number of nitrogens with one attached hydrogen (secondary N) is 1. The van der Waals surface area contributed by atoms with E-state index in [1.54, 1.807) is 0 Å². The van der Waals surface area contributed by atoms with E-state index < -0.39 is 11.2 Å². The molecule has 0 saturated carbocycles. The highest BCUT2D eigenvalue weighted by molar-refractivity contribution is 7.91. The van der Waals surface area contributed by atoms with E-state index in [0.717, 1.165) is 54.6 Å². The number of rotatable bonds is 9. The number of hydrogen-bond donors (Lipinski definition) is 1. The second-order valence-corrected chi connectivity index (χ2v) is 10.7. The average molecular weight is 515 g/mol. The lowest BCUT2D eigenvalue weighted by Crippen LogP contribution is -2.48. The van der Waals surface area contributed by atoms with Crippen LogP contribution in [0.3, 0.4) is 0 Å². The summed E-state index contributed by atoms with van der Waals surface area (Å²) in [6.45, 7) is 8.80. The number of oxazole rings is 1.